The quantitative estimate of drug-likeness (QED) is 0.0933. The van der Waals surface area contributed by atoms with Gasteiger partial charge in [0.15, 0.2) is 5.11 Å². The molecule has 170 valence electrons. The first kappa shape index (κ1) is 24.0. The Kier molecular flexibility index (Phi) is 7.65. The summed E-state index contributed by atoms with van der Waals surface area (Å²) in [7, 11) is 0. The van der Waals surface area contributed by atoms with E-state index in [1.54, 1.807) is 36.5 Å². The maximum Gasteiger partial charge on any atom is 0.345 e. The number of carbonyl (C=O) groups excluding carboxylic acids is 1. The van der Waals surface area contributed by atoms with Crippen molar-refractivity contribution < 1.29 is 9.53 Å². The van der Waals surface area contributed by atoms with Gasteiger partial charge in [0, 0.05) is 21.3 Å². The molecule has 0 radical (unpaired) electrons. The fraction of sp³-hybridized carbons (Fsp3) is 0. The molecule has 0 aliphatic heterocycles. The van der Waals surface area contributed by atoms with Crippen LogP contribution in [0.1, 0.15) is 15.9 Å². The van der Waals surface area contributed by atoms with Gasteiger partial charge < -0.3 is 10.1 Å². The van der Waals surface area contributed by atoms with Crippen molar-refractivity contribution in [2.24, 2.45) is 5.10 Å². The van der Waals surface area contributed by atoms with Crippen LogP contribution >= 0.6 is 47.0 Å². The summed E-state index contributed by atoms with van der Waals surface area (Å²) in [5, 5.41) is 10.5. The maximum absolute atomic E-state index is 12.8. The Morgan fingerprint density at radius 1 is 0.912 bits per heavy atom. The summed E-state index contributed by atoms with van der Waals surface area (Å²) in [5.41, 5.74) is 4.28. The Balaban J connectivity index is 1.58. The summed E-state index contributed by atoms with van der Waals surface area (Å²) in [6.45, 7) is 0. The van der Waals surface area contributed by atoms with Crippen molar-refractivity contribution in [1.82, 2.24) is 5.43 Å². The van der Waals surface area contributed by atoms with Gasteiger partial charge in [-0.1, -0.05) is 71.2 Å². The molecule has 4 aromatic rings. The molecule has 34 heavy (non-hydrogen) atoms. The molecule has 0 bridgehead atoms. The van der Waals surface area contributed by atoms with Gasteiger partial charge in [-0.25, -0.2) is 4.79 Å². The molecule has 2 N–H and O–H groups in total. The molecule has 5 nitrogen and oxygen atoms in total. The van der Waals surface area contributed by atoms with Crippen LogP contribution in [0.2, 0.25) is 15.1 Å². The van der Waals surface area contributed by atoms with Crippen LogP contribution in [0, 0.1) is 0 Å². The third-order valence-corrected chi connectivity index (χ3v) is 5.70. The Morgan fingerprint density at radius 2 is 1.71 bits per heavy atom. The fourth-order valence-corrected chi connectivity index (χ4v) is 4.03. The first-order valence-corrected chi connectivity index (χ1v) is 11.5. The monoisotopic (exact) mass is 527 g/mol. The number of nitrogens with zero attached hydrogens (tertiary/aromatic N) is 1. The van der Waals surface area contributed by atoms with Crippen LogP contribution in [0.5, 0.6) is 5.75 Å². The highest BCUT2D eigenvalue weighted by atomic mass is 35.5. The molecular formula is C25H16Cl3N3O2S. The van der Waals surface area contributed by atoms with Gasteiger partial charge in [0.2, 0.25) is 0 Å². The van der Waals surface area contributed by atoms with Gasteiger partial charge in [-0.2, -0.15) is 5.10 Å². The Labute approximate surface area is 216 Å². The second-order valence-electron chi connectivity index (χ2n) is 7.05. The summed E-state index contributed by atoms with van der Waals surface area (Å²) >= 11 is 23.4. The molecule has 0 aliphatic rings. The van der Waals surface area contributed by atoms with Crippen LogP contribution in [0.4, 0.5) is 5.69 Å². The summed E-state index contributed by atoms with van der Waals surface area (Å²) in [6, 6.07) is 22.9. The van der Waals surface area contributed by atoms with Crippen molar-refractivity contribution >= 4 is 80.8 Å². The number of hydrazone groups is 1. The maximum atomic E-state index is 12.8. The number of anilines is 1. The summed E-state index contributed by atoms with van der Waals surface area (Å²) < 4.78 is 5.68. The molecule has 0 spiro atoms. The predicted molar refractivity (Wildman–Crippen MR) is 144 cm³/mol. The fourth-order valence-electron chi connectivity index (χ4n) is 3.19. The molecule has 0 heterocycles. The van der Waals surface area contributed by atoms with Gasteiger partial charge in [0.1, 0.15) is 5.75 Å². The van der Waals surface area contributed by atoms with E-state index in [-0.39, 0.29) is 15.7 Å². The zero-order chi connectivity index (χ0) is 24.1. The smallest absolute Gasteiger partial charge is 0.345 e. The highest BCUT2D eigenvalue weighted by molar-refractivity contribution is 7.80. The second kappa shape index (κ2) is 10.8. The number of ether oxygens (including phenoxy) is 1. The lowest BCUT2D eigenvalue weighted by Gasteiger charge is -2.12. The van der Waals surface area contributed by atoms with E-state index in [0.717, 1.165) is 16.5 Å². The van der Waals surface area contributed by atoms with E-state index in [4.69, 9.17) is 51.8 Å². The largest absolute Gasteiger partial charge is 0.422 e. The Hall–Kier alpha value is -3.16. The molecule has 0 aromatic heterocycles. The number of nitrogens with one attached hydrogen (secondary N) is 2. The second-order valence-corrected chi connectivity index (χ2v) is 8.73. The van der Waals surface area contributed by atoms with E-state index in [9.17, 15) is 4.79 Å². The number of benzene rings is 4. The first-order chi connectivity index (χ1) is 16.4. The predicted octanol–water partition coefficient (Wildman–Crippen LogP) is 7.34. The first-order valence-electron chi connectivity index (χ1n) is 9.95. The van der Waals surface area contributed by atoms with Crippen LogP contribution in [0.15, 0.2) is 84.0 Å². The van der Waals surface area contributed by atoms with E-state index >= 15 is 0 Å². The molecule has 0 fully saturated rings. The Bertz CT molecular complexity index is 1430. The lowest BCUT2D eigenvalue weighted by atomic mass is 10.0. The van der Waals surface area contributed by atoms with E-state index in [1.807, 2.05) is 36.4 Å². The third kappa shape index (κ3) is 5.85. The van der Waals surface area contributed by atoms with Crippen LogP contribution < -0.4 is 15.5 Å². The number of carbonyl (C=O) groups is 1. The average Bonchev–Trinajstić information content (AvgIpc) is 2.80. The Morgan fingerprint density at radius 3 is 2.50 bits per heavy atom. The van der Waals surface area contributed by atoms with Crippen LogP contribution in [0.3, 0.4) is 0 Å². The molecular weight excluding hydrogens is 513 g/mol. The number of hydrogen-bond acceptors (Lipinski definition) is 4. The van der Waals surface area contributed by atoms with Gasteiger partial charge in [-0.05, 0) is 65.5 Å². The van der Waals surface area contributed by atoms with Crippen molar-refractivity contribution in [2.75, 3.05) is 5.32 Å². The van der Waals surface area contributed by atoms with Crippen molar-refractivity contribution in [1.29, 1.82) is 0 Å². The number of esters is 1. The highest BCUT2D eigenvalue weighted by Gasteiger charge is 2.16. The van der Waals surface area contributed by atoms with Gasteiger partial charge >= 0.3 is 5.97 Å². The zero-order valence-electron chi connectivity index (χ0n) is 17.4. The van der Waals surface area contributed by atoms with E-state index in [0.29, 0.717) is 21.4 Å². The topological polar surface area (TPSA) is 62.7 Å². The van der Waals surface area contributed by atoms with Crippen LogP contribution in [-0.2, 0) is 0 Å². The minimum absolute atomic E-state index is 0.201. The molecule has 4 rings (SSSR count). The van der Waals surface area contributed by atoms with Crippen molar-refractivity contribution in [3.8, 4) is 5.75 Å². The van der Waals surface area contributed by atoms with Crippen molar-refractivity contribution in [3.63, 3.8) is 0 Å². The van der Waals surface area contributed by atoms with Crippen molar-refractivity contribution in [3.05, 3.63) is 105 Å². The molecule has 0 amide bonds. The number of halogens is 3. The molecule has 0 saturated heterocycles. The SMILES string of the molecule is O=C(Oc1ccc2ccccc2c1/C=N/NC(=S)Nc1cccc(Cl)c1)c1ccc(Cl)cc1Cl. The number of hydrogen-bond donors (Lipinski definition) is 2. The van der Waals surface area contributed by atoms with Crippen LogP contribution in [-0.4, -0.2) is 17.3 Å². The molecule has 0 saturated carbocycles. The number of fused-ring (bicyclic) bond motifs is 1. The molecule has 0 atom stereocenters. The van der Waals surface area contributed by atoms with Gasteiger partial charge in [-0.15, -0.1) is 0 Å². The minimum atomic E-state index is -0.613. The van der Waals surface area contributed by atoms with Gasteiger partial charge in [0.05, 0.1) is 16.8 Å². The van der Waals surface area contributed by atoms with E-state index in [1.165, 1.54) is 12.1 Å². The minimum Gasteiger partial charge on any atom is -0.422 e. The summed E-state index contributed by atoms with van der Waals surface area (Å²) in [5.74, 6) is -0.299. The molecule has 4 aromatic carbocycles. The number of rotatable bonds is 5. The zero-order valence-corrected chi connectivity index (χ0v) is 20.5. The normalized spacial score (nSPS) is 10.9. The van der Waals surface area contributed by atoms with E-state index < -0.39 is 5.97 Å². The summed E-state index contributed by atoms with van der Waals surface area (Å²) in [4.78, 5) is 12.8. The highest BCUT2D eigenvalue weighted by Crippen LogP contribution is 2.29. The lowest BCUT2D eigenvalue weighted by molar-refractivity contribution is 0.0735. The summed E-state index contributed by atoms with van der Waals surface area (Å²) in [6.07, 6.45) is 1.54. The van der Waals surface area contributed by atoms with Crippen LogP contribution in [0.25, 0.3) is 10.8 Å². The van der Waals surface area contributed by atoms with E-state index in [2.05, 4.69) is 15.8 Å². The third-order valence-electron chi connectivity index (χ3n) is 4.73. The van der Waals surface area contributed by atoms with Gasteiger partial charge in [-0.3, -0.25) is 5.43 Å². The van der Waals surface area contributed by atoms with Gasteiger partial charge in [0.25, 0.3) is 0 Å². The number of thiocarbonyl (C=S) groups is 1. The standard InChI is InChI=1S/C25H16Cl3N3O2S/c26-16-5-3-6-18(12-16)30-25(34)31-29-14-21-19-7-2-1-4-15(19)8-11-23(21)33-24(32)20-10-9-17(27)13-22(20)28/h1-14H,(H2,30,31,34)/b29-14+. The average molecular weight is 529 g/mol. The molecule has 0 unspecified atom stereocenters. The molecule has 0 aliphatic carbocycles. The lowest BCUT2D eigenvalue weighted by Crippen LogP contribution is -2.23. The molecule has 9 heteroatoms. The van der Waals surface area contributed by atoms with Crippen molar-refractivity contribution in [2.45, 2.75) is 0 Å².